The molecule has 1 aliphatic heterocycles. The molecule has 4 rings (SSSR count). The number of hydrogen-bond donors (Lipinski definition) is 1. The maximum Gasteiger partial charge on any atom is 0.251 e. The van der Waals surface area contributed by atoms with Crippen LogP contribution in [0.15, 0.2) is 83.8 Å². The van der Waals surface area contributed by atoms with Gasteiger partial charge in [-0.2, -0.15) is 4.31 Å². The lowest BCUT2D eigenvalue weighted by Gasteiger charge is -2.34. The Morgan fingerprint density at radius 1 is 0.794 bits per heavy atom. The molecule has 3 aromatic rings. The minimum atomic E-state index is -3.59. The van der Waals surface area contributed by atoms with Crippen molar-refractivity contribution in [1.82, 2.24) is 14.5 Å². The van der Waals surface area contributed by atoms with E-state index < -0.39 is 10.0 Å². The molecule has 0 unspecified atom stereocenters. The summed E-state index contributed by atoms with van der Waals surface area (Å²) in [5.74, 6) is -0.560. The van der Waals surface area contributed by atoms with Gasteiger partial charge in [0.05, 0.1) is 11.4 Å². The minimum Gasteiger partial charge on any atom is -0.343 e. The maximum atomic E-state index is 12.8. The highest BCUT2D eigenvalue weighted by atomic mass is 32.2. The Balaban J connectivity index is 1.28. The third kappa shape index (κ3) is 5.35. The largest absolute Gasteiger partial charge is 0.343 e. The summed E-state index contributed by atoms with van der Waals surface area (Å²) in [4.78, 5) is 26.9. The van der Waals surface area contributed by atoms with Crippen LogP contribution in [-0.2, 0) is 14.8 Å². The highest BCUT2D eigenvalue weighted by molar-refractivity contribution is 7.89. The summed E-state index contributed by atoms with van der Waals surface area (Å²) < 4.78 is 27.1. The number of nitrogens with one attached hydrogen (secondary N) is 1. The molecule has 7 nitrogen and oxygen atoms in total. The van der Waals surface area contributed by atoms with Gasteiger partial charge in [0.15, 0.2) is 0 Å². The second kappa shape index (κ2) is 10.2. The lowest BCUT2D eigenvalue weighted by atomic mass is 10.0. The molecule has 0 bridgehead atoms. The lowest BCUT2D eigenvalue weighted by molar-refractivity contribution is -0.131. The SMILES string of the molecule is Cc1ccc(S(=O)(=O)N2CCN(C(=O)CNC(=O)c3ccc(-c4ccccc4)cc3)CC2)cc1. The van der Waals surface area contributed by atoms with E-state index in [-0.39, 0.29) is 49.4 Å². The Bertz CT molecular complexity index is 1250. The molecule has 1 N–H and O–H groups in total. The second-order valence-corrected chi connectivity index (χ2v) is 10.2. The van der Waals surface area contributed by atoms with E-state index in [2.05, 4.69) is 5.32 Å². The van der Waals surface area contributed by atoms with Gasteiger partial charge in [-0.25, -0.2) is 8.42 Å². The fourth-order valence-electron chi connectivity index (χ4n) is 3.85. The molecular weight excluding hydrogens is 450 g/mol. The van der Waals surface area contributed by atoms with Crippen LogP contribution >= 0.6 is 0 Å². The van der Waals surface area contributed by atoms with Crippen molar-refractivity contribution in [2.75, 3.05) is 32.7 Å². The highest BCUT2D eigenvalue weighted by Crippen LogP contribution is 2.20. The summed E-state index contributed by atoms with van der Waals surface area (Å²) in [6.07, 6.45) is 0. The first-order valence-corrected chi connectivity index (χ1v) is 12.6. The van der Waals surface area contributed by atoms with Gasteiger partial charge in [0, 0.05) is 31.7 Å². The van der Waals surface area contributed by atoms with Crippen LogP contribution in [0.4, 0.5) is 0 Å². The Labute approximate surface area is 200 Å². The number of carbonyl (C=O) groups excluding carboxylic acids is 2. The lowest BCUT2D eigenvalue weighted by Crippen LogP contribution is -2.52. The molecule has 1 heterocycles. The smallest absolute Gasteiger partial charge is 0.251 e. The zero-order chi connectivity index (χ0) is 24.1. The Hall–Kier alpha value is -3.49. The molecule has 0 atom stereocenters. The number of rotatable bonds is 6. The van der Waals surface area contributed by atoms with Gasteiger partial charge in [0.25, 0.3) is 5.91 Å². The molecule has 34 heavy (non-hydrogen) atoms. The topological polar surface area (TPSA) is 86.8 Å². The van der Waals surface area contributed by atoms with Crippen molar-refractivity contribution in [2.45, 2.75) is 11.8 Å². The zero-order valence-corrected chi connectivity index (χ0v) is 19.8. The molecule has 1 saturated heterocycles. The summed E-state index contributed by atoms with van der Waals surface area (Å²) in [5, 5.41) is 2.67. The Morgan fingerprint density at radius 3 is 2.00 bits per heavy atom. The predicted molar refractivity (Wildman–Crippen MR) is 131 cm³/mol. The van der Waals surface area contributed by atoms with Crippen molar-refractivity contribution < 1.29 is 18.0 Å². The van der Waals surface area contributed by atoms with Crippen molar-refractivity contribution in [1.29, 1.82) is 0 Å². The number of carbonyl (C=O) groups is 2. The number of sulfonamides is 1. The van der Waals surface area contributed by atoms with Crippen LogP contribution < -0.4 is 5.32 Å². The molecule has 176 valence electrons. The van der Waals surface area contributed by atoms with E-state index in [0.29, 0.717) is 5.56 Å². The van der Waals surface area contributed by atoms with Crippen molar-refractivity contribution in [3.05, 3.63) is 90.0 Å². The average Bonchev–Trinajstić information content (AvgIpc) is 2.88. The minimum absolute atomic E-state index is 0.135. The standard InChI is InChI=1S/C26H27N3O4S/c1-20-7-13-24(14-8-20)34(32,33)29-17-15-28(16-18-29)25(30)19-27-26(31)23-11-9-22(10-12-23)21-5-3-2-4-6-21/h2-14H,15-19H2,1H3,(H,27,31). The van der Waals surface area contributed by atoms with Gasteiger partial charge in [-0.15, -0.1) is 0 Å². The van der Waals surface area contributed by atoms with Crippen molar-refractivity contribution in [3.63, 3.8) is 0 Å². The van der Waals surface area contributed by atoms with E-state index in [1.54, 1.807) is 41.3 Å². The van der Waals surface area contributed by atoms with Gasteiger partial charge < -0.3 is 10.2 Å². The number of aryl methyl sites for hydroxylation is 1. The number of benzene rings is 3. The molecule has 3 aromatic carbocycles. The number of hydrogen-bond acceptors (Lipinski definition) is 4. The first-order valence-electron chi connectivity index (χ1n) is 11.1. The molecule has 8 heteroatoms. The van der Waals surface area contributed by atoms with Gasteiger partial charge in [0.2, 0.25) is 15.9 Å². The van der Waals surface area contributed by atoms with Crippen molar-refractivity contribution >= 4 is 21.8 Å². The molecule has 2 amide bonds. The molecule has 0 saturated carbocycles. The van der Waals surface area contributed by atoms with E-state index in [1.807, 2.05) is 49.4 Å². The van der Waals surface area contributed by atoms with Gasteiger partial charge in [-0.05, 0) is 42.3 Å². The summed E-state index contributed by atoms with van der Waals surface area (Å²) >= 11 is 0. The van der Waals surface area contributed by atoms with E-state index in [4.69, 9.17) is 0 Å². The third-order valence-electron chi connectivity index (χ3n) is 5.90. The average molecular weight is 478 g/mol. The first kappa shape index (κ1) is 23.7. The monoisotopic (exact) mass is 477 g/mol. The normalized spacial score (nSPS) is 14.6. The van der Waals surface area contributed by atoms with Crippen LogP contribution in [0.2, 0.25) is 0 Å². The Morgan fingerprint density at radius 2 is 1.38 bits per heavy atom. The zero-order valence-electron chi connectivity index (χ0n) is 19.0. The number of piperazine rings is 1. The van der Waals surface area contributed by atoms with Crippen molar-refractivity contribution in [3.8, 4) is 11.1 Å². The fraction of sp³-hybridized carbons (Fsp3) is 0.231. The number of nitrogens with zero attached hydrogens (tertiary/aromatic N) is 2. The van der Waals surface area contributed by atoms with E-state index in [1.165, 1.54) is 4.31 Å². The summed E-state index contributed by atoms with van der Waals surface area (Å²) in [5.41, 5.74) is 3.53. The summed E-state index contributed by atoms with van der Waals surface area (Å²) in [6.45, 7) is 2.77. The van der Waals surface area contributed by atoms with Gasteiger partial charge >= 0.3 is 0 Å². The van der Waals surface area contributed by atoms with Gasteiger partial charge in [-0.3, -0.25) is 9.59 Å². The van der Waals surface area contributed by atoms with Crippen molar-refractivity contribution in [2.24, 2.45) is 0 Å². The highest BCUT2D eigenvalue weighted by Gasteiger charge is 2.30. The molecule has 1 fully saturated rings. The van der Waals surface area contributed by atoms with Gasteiger partial charge in [0.1, 0.15) is 0 Å². The fourth-order valence-corrected chi connectivity index (χ4v) is 5.27. The quantitative estimate of drug-likeness (QED) is 0.592. The summed E-state index contributed by atoms with van der Waals surface area (Å²) in [6, 6.07) is 23.8. The van der Waals surface area contributed by atoms with E-state index in [9.17, 15) is 18.0 Å². The molecular formula is C26H27N3O4S. The maximum absolute atomic E-state index is 12.8. The summed E-state index contributed by atoms with van der Waals surface area (Å²) in [7, 11) is -3.59. The Kier molecular flexibility index (Phi) is 7.09. The van der Waals surface area contributed by atoms with Crippen LogP contribution in [0.5, 0.6) is 0 Å². The molecule has 0 spiro atoms. The predicted octanol–water partition coefficient (Wildman–Crippen LogP) is 2.92. The van der Waals surface area contributed by atoms with Gasteiger partial charge in [-0.1, -0.05) is 60.2 Å². The molecule has 0 radical (unpaired) electrons. The van der Waals surface area contributed by atoms with E-state index >= 15 is 0 Å². The number of amides is 2. The van der Waals surface area contributed by atoms with Crippen LogP contribution in [0, 0.1) is 6.92 Å². The van der Waals surface area contributed by atoms with Crippen LogP contribution in [0.1, 0.15) is 15.9 Å². The molecule has 0 aliphatic carbocycles. The second-order valence-electron chi connectivity index (χ2n) is 8.22. The van der Waals surface area contributed by atoms with E-state index in [0.717, 1.165) is 16.7 Å². The molecule has 0 aromatic heterocycles. The van der Waals surface area contributed by atoms with Crippen LogP contribution in [0.3, 0.4) is 0 Å². The molecule has 1 aliphatic rings. The van der Waals surface area contributed by atoms with Crippen LogP contribution in [0.25, 0.3) is 11.1 Å². The first-order chi connectivity index (χ1) is 16.3. The van der Waals surface area contributed by atoms with Crippen LogP contribution in [-0.4, -0.2) is 62.2 Å². The third-order valence-corrected chi connectivity index (χ3v) is 7.82.